The third-order valence-electron chi connectivity index (χ3n) is 12.4. The van der Waals surface area contributed by atoms with Gasteiger partial charge in [0, 0.05) is 53.6 Å². The first kappa shape index (κ1) is 36.8. The molecule has 2 nitrogen and oxygen atoms in total. The summed E-state index contributed by atoms with van der Waals surface area (Å²) in [5, 5.41) is 5.05. The highest BCUT2D eigenvalue weighted by Crippen LogP contribution is 2.49. The van der Waals surface area contributed by atoms with Crippen LogP contribution in [0.5, 0.6) is 0 Å². The predicted octanol–water partition coefficient (Wildman–Crippen LogP) is 17.3. The van der Waals surface area contributed by atoms with Gasteiger partial charge in [0.1, 0.15) is 0 Å². The Hall–Kier alpha value is -7.98. The van der Waals surface area contributed by atoms with Gasteiger partial charge >= 0.3 is 0 Å². The minimum atomic E-state index is 1.08. The molecule has 0 saturated carbocycles. The first-order valence-electron chi connectivity index (χ1n) is 21.5. The molecule has 0 amide bonds. The fourth-order valence-electron chi connectivity index (χ4n) is 9.63. The second kappa shape index (κ2) is 15.5. The van der Waals surface area contributed by atoms with Crippen molar-refractivity contribution in [1.29, 1.82) is 0 Å². The summed E-state index contributed by atoms with van der Waals surface area (Å²) in [5.74, 6) is 0. The molecule has 0 fully saturated rings. The van der Waals surface area contributed by atoms with Gasteiger partial charge in [0.15, 0.2) is 0 Å². The average Bonchev–Trinajstić information content (AvgIpc) is 3.91. The summed E-state index contributed by atoms with van der Waals surface area (Å²) in [6.07, 6.45) is 0. The molecule has 12 aromatic rings. The third kappa shape index (κ3) is 6.33. The van der Waals surface area contributed by atoms with Crippen LogP contribution in [0.4, 0.5) is 17.1 Å². The van der Waals surface area contributed by atoms with Crippen molar-refractivity contribution in [3.63, 3.8) is 0 Å². The minimum absolute atomic E-state index is 1.08. The monoisotopic (exact) mass is 820 g/mol. The maximum atomic E-state index is 2.47. The topological polar surface area (TPSA) is 8.17 Å². The van der Waals surface area contributed by atoms with Gasteiger partial charge in [-0.3, -0.25) is 0 Å². The third-order valence-corrected chi connectivity index (χ3v) is 13.6. The zero-order valence-corrected chi connectivity index (χ0v) is 35.2. The minimum Gasteiger partial charge on any atom is -0.310 e. The van der Waals surface area contributed by atoms with Crippen molar-refractivity contribution in [1.82, 2.24) is 4.57 Å². The molecule has 0 atom stereocenters. The summed E-state index contributed by atoms with van der Waals surface area (Å²) in [4.78, 5) is 2.47. The van der Waals surface area contributed by atoms with E-state index in [1.54, 1.807) is 0 Å². The fraction of sp³-hybridized carbons (Fsp3) is 0. The Labute approximate surface area is 370 Å². The second-order valence-corrected chi connectivity index (χ2v) is 17.1. The lowest BCUT2D eigenvalue weighted by atomic mass is 9.87. The van der Waals surface area contributed by atoms with Gasteiger partial charge in [0.2, 0.25) is 0 Å². The van der Waals surface area contributed by atoms with Crippen molar-refractivity contribution in [2.75, 3.05) is 4.90 Å². The van der Waals surface area contributed by atoms with Gasteiger partial charge in [-0.05, 0) is 106 Å². The predicted molar refractivity (Wildman–Crippen MR) is 270 cm³/mol. The van der Waals surface area contributed by atoms with E-state index in [1.165, 1.54) is 86.5 Å². The van der Waals surface area contributed by atoms with Crippen molar-refractivity contribution in [3.05, 3.63) is 243 Å². The zero-order chi connectivity index (χ0) is 41.7. The van der Waals surface area contributed by atoms with Crippen LogP contribution in [0.2, 0.25) is 0 Å². The summed E-state index contributed by atoms with van der Waals surface area (Å²) in [5.41, 5.74) is 16.3. The summed E-state index contributed by atoms with van der Waals surface area (Å²) < 4.78 is 5.01. The van der Waals surface area contributed by atoms with Crippen molar-refractivity contribution in [2.45, 2.75) is 0 Å². The van der Waals surface area contributed by atoms with Gasteiger partial charge < -0.3 is 9.47 Å². The first-order valence-corrected chi connectivity index (χ1v) is 22.3. The Bertz CT molecular complexity index is 3600. The van der Waals surface area contributed by atoms with Crippen LogP contribution in [0.15, 0.2) is 243 Å². The van der Waals surface area contributed by atoms with Gasteiger partial charge in [-0.2, -0.15) is 0 Å². The summed E-state index contributed by atoms with van der Waals surface area (Å²) in [7, 11) is 0. The molecule has 0 unspecified atom stereocenters. The largest absolute Gasteiger partial charge is 0.310 e. The molecule has 3 heteroatoms. The van der Waals surface area contributed by atoms with Gasteiger partial charge in [-0.25, -0.2) is 0 Å². The number of hydrogen-bond donors (Lipinski definition) is 0. The molecule has 0 aliphatic heterocycles. The molecule has 2 aromatic heterocycles. The maximum Gasteiger partial charge on any atom is 0.0546 e. The number of benzene rings is 10. The lowest BCUT2D eigenvalue weighted by Crippen LogP contribution is -2.12. The molecule has 0 saturated heterocycles. The Morgan fingerprint density at radius 1 is 0.333 bits per heavy atom. The normalized spacial score (nSPS) is 11.5. The van der Waals surface area contributed by atoms with E-state index in [-0.39, 0.29) is 0 Å². The number of fused-ring (bicyclic) bond motifs is 6. The smallest absolute Gasteiger partial charge is 0.0546 e. The fourth-order valence-corrected chi connectivity index (χ4v) is 10.8. The standard InChI is InChI=1S/C60H40N2S/c1-4-18-41(19-5-1)47-24-10-11-26-51(47)59-48(42-20-6-2-7-21-42)28-16-31-56(59)61(45-36-34-43(35-37-45)49-29-17-33-58-60(49)52-27-13-15-32-57(52)63-58)46-38-39-55-53(40-46)50-25-12-14-30-54(50)62(55)44-22-8-3-9-23-44/h1-40H. The summed E-state index contributed by atoms with van der Waals surface area (Å²) in [6, 6.07) is 88.5. The van der Waals surface area contributed by atoms with E-state index in [1.807, 2.05) is 11.3 Å². The molecular formula is C60H40N2S. The molecule has 12 rings (SSSR count). The van der Waals surface area contributed by atoms with E-state index in [4.69, 9.17) is 0 Å². The number of anilines is 3. The molecule has 0 N–H and O–H groups in total. The average molecular weight is 821 g/mol. The number of hydrogen-bond acceptors (Lipinski definition) is 2. The van der Waals surface area contributed by atoms with E-state index < -0.39 is 0 Å². The van der Waals surface area contributed by atoms with Gasteiger partial charge in [0.05, 0.1) is 16.7 Å². The van der Waals surface area contributed by atoms with Crippen LogP contribution >= 0.6 is 11.3 Å². The van der Waals surface area contributed by atoms with E-state index in [0.29, 0.717) is 0 Å². The maximum absolute atomic E-state index is 2.47. The van der Waals surface area contributed by atoms with Crippen LogP contribution in [0.3, 0.4) is 0 Å². The molecule has 0 spiro atoms. The molecule has 0 radical (unpaired) electrons. The number of nitrogens with zero attached hydrogens (tertiary/aromatic N) is 2. The highest BCUT2D eigenvalue weighted by molar-refractivity contribution is 7.25. The lowest BCUT2D eigenvalue weighted by molar-refractivity contribution is 1.18. The Balaban J connectivity index is 1.12. The molecule has 0 aliphatic carbocycles. The van der Waals surface area contributed by atoms with Crippen LogP contribution in [0.25, 0.3) is 92.2 Å². The molecule has 0 bridgehead atoms. The molecular weight excluding hydrogens is 781 g/mol. The molecule has 0 aliphatic rings. The summed E-state index contributed by atoms with van der Waals surface area (Å²) in [6.45, 7) is 0. The van der Waals surface area contributed by atoms with Crippen molar-refractivity contribution < 1.29 is 0 Å². The van der Waals surface area contributed by atoms with Crippen LogP contribution in [0, 0.1) is 0 Å². The highest BCUT2D eigenvalue weighted by Gasteiger charge is 2.24. The Morgan fingerprint density at radius 3 is 1.65 bits per heavy atom. The second-order valence-electron chi connectivity index (χ2n) is 16.0. The Kier molecular flexibility index (Phi) is 9.06. The van der Waals surface area contributed by atoms with Gasteiger partial charge in [0.25, 0.3) is 0 Å². The molecule has 296 valence electrons. The number of aromatic nitrogens is 1. The molecule has 63 heavy (non-hydrogen) atoms. The SMILES string of the molecule is c1ccc(-c2ccccc2-c2c(-c3ccccc3)cccc2N(c2ccc(-c3cccc4sc5ccccc5c34)cc2)c2ccc3c(c2)c2ccccc2n3-c2ccccc2)cc1. The van der Waals surface area contributed by atoms with E-state index >= 15 is 0 Å². The number of thiophene rings is 1. The highest BCUT2D eigenvalue weighted by atomic mass is 32.1. The van der Waals surface area contributed by atoms with E-state index in [2.05, 4.69) is 252 Å². The van der Waals surface area contributed by atoms with Crippen LogP contribution in [-0.4, -0.2) is 4.57 Å². The van der Waals surface area contributed by atoms with Crippen molar-refractivity contribution in [2.24, 2.45) is 0 Å². The first-order chi connectivity index (χ1) is 31.3. The van der Waals surface area contributed by atoms with Crippen LogP contribution in [0.1, 0.15) is 0 Å². The zero-order valence-electron chi connectivity index (χ0n) is 34.4. The Morgan fingerprint density at radius 2 is 0.873 bits per heavy atom. The van der Waals surface area contributed by atoms with E-state index in [9.17, 15) is 0 Å². The quantitative estimate of drug-likeness (QED) is 0.148. The van der Waals surface area contributed by atoms with Crippen molar-refractivity contribution >= 4 is 70.4 Å². The van der Waals surface area contributed by atoms with E-state index in [0.717, 1.165) is 22.7 Å². The molecule has 2 heterocycles. The lowest BCUT2D eigenvalue weighted by Gasteiger charge is -2.30. The van der Waals surface area contributed by atoms with Gasteiger partial charge in [-0.1, -0.05) is 176 Å². The number of rotatable bonds is 8. The van der Waals surface area contributed by atoms with Gasteiger partial charge in [-0.15, -0.1) is 11.3 Å². The van der Waals surface area contributed by atoms with Crippen LogP contribution in [-0.2, 0) is 0 Å². The number of para-hydroxylation sites is 2. The summed E-state index contributed by atoms with van der Waals surface area (Å²) >= 11 is 1.86. The molecule has 10 aromatic carbocycles. The van der Waals surface area contributed by atoms with Crippen LogP contribution < -0.4 is 4.90 Å². The van der Waals surface area contributed by atoms with Crippen molar-refractivity contribution in [3.8, 4) is 50.2 Å².